The van der Waals surface area contributed by atoms with Crippen molar-refractivity contribution in [2.45, 2.75) is 45.6 Å². The van der Waals surface area contributed by atoms with Gasteiger partial charge >= 0.3 is 0 Å². The second-order valence-corrected chi connectivity index (χ2v) is 8.46. The second-order valence-electron chi connectivity index (χ2n) is 8.02. The molecule has 0 aliphatic rings. The van der Waals surface area contributed by atoms with Crippen molar-refractivity contribution < 1.29 is 4.79 Å². The topological polar surface area (TPSA) is 104 Å². The molecule has 2 heterocycles. The lowest BCUT2D eigenvalue weighted by atomic mass is 9.92. The molecule has 0 aliphatic heterocycles. The molecule has 3 N–H and O–H groups in total. The number of aromatic amines is 2. The Morgan fingerprint density at radius 2 is 1.90 bits per heavy atom. The summed E-state index contributed by atoms with van der Waals surface area (Å²) >= 11 is 6.01. The van der Waals surface area contributed by atoms with E-state index in [1.165, 1.54) is 6.07 Å². The molecule has 1 atom stereocenters. The summed E-state index contributed by atoms with van der Waals surface area (Å²) in [5, 5.41) is 10.7. The molecule has 0 radical (unpaired) electrons. The minimum Gasteiger partial charge on any atom is -0.343 e. The van der Waals surface area contributed by atoms with Crippen molar-refractivity contribution in [1.82, 2.24) is 25.5 Å². The standard InChI is InChI=1S/C21H24ClN5O2/c1-12-23-15(10-19(28)24-12)9-16(13-5-7-14(22)8-6-13)25-20(29)17-11-18(27-26-17)21(2,3)4/h5-8,10-11,16H,9H2,1-4H3,(H,25,29)(H,26,27)(H,23,24,28)/t16-/m1/s1. The van der Waals surface area contributed by atoms with E-state index >= 15 is 0 Å². The number of rotatable bonds is 5. The third-order valence-electron chi connectivity index (χ3n) is 4.52. The molecular formula is C21H24ClN5O2. The van der Waals surface area contributed by atoms with Gasteiger partial charge in [0.1, 0.15) is 11.5 Å². The lowest BCUT2D eigenvalue weighted by molar-refractivity contribution is 0.0931. The Kier molecular flexibility index (Phi) is 5.88. The van der Waals surface area contributed by atoms with Crippen molar-refractivity contribution in [2.24, 2.45) is 0 Å². The first-order valence-electron chi connectivity index (χ1n) is 9.31. The fourth-order valence-electron chi connectivity index (χ4n) is 2.96. The molecular weight excluding hydrogens is 390 g/mol. The van der Waals surface area contributed by atoms with Crippen LogP contribution in [0.25, 0.3) is 0 Å². The molecule has 1 aromatic carbocycles. The van der Waals surface area contributed by atoms with Crippen LogP contribution in [0.15, 0.2) is 41.2 Å². The molecule has 1 amide bonds. The highest BCUT2D eigenvalue weighted by molar-refractivity contribution is 6.30. The van der Waals surface area contributed by atoms with Gasteiger partial charge in [-0.25, -0.2) is 4.98 Å². The maximum Gasteiger partial charge on any atom is 0.272 e. The first kappa shape index (κ1) is 20.8. The number of aromatic nitrogens is 4. The van der Waals surface area contributed by atoms with Gasteiger partial charge in [-0.2, -0.15) is 5.10 Å². The first-order valence-corrected chi connectivity index (χ1v) is 9.68. The number of amides is 1. The SMILES string of the molecule is Cc1nc(C[C@@H](NC(=O)c2cc(C(C)(C)C)[nH]n2)c2ccc(Cl)cc2)cc(=O)[nH]1. The Labute approximate surface area is 173 Å². The number of carbonyl (C=O) groups excluding carboxylic acids is 1. The normalized spacial score (nSPS) is 12.6. The van der Waals surface area contributed by atoms with Gasteiger partial charge < -0.3 is 10.3 Å². The Bertz CT molecular complexity index is 1060. The van der Waals surface area contributed by atoms with Crippen molar-refractivity contribution in [1.29, 1.82) is 0 Å². The van der Waals surface area contributed by atoms with Crippen molar-refractivity contribution in [3.8, 4) is 0 Å². The van der Waals surface area contributed by atoms with Gasteiger partial charge in [-0.3, -0.25) is 14.7 Å². The summed E-state index contributed by atoms with van der Waals surface area (Å²) in [6.45, 7) is 7.84. The molecule has 0 spiro atoms. The zero-order valence-corrected chi connectivity index (χ0v) is 17.6. The van der Waals surface area contributed by atoms with Crippen LogP contribution in [-0.4, -0.2) is 26.1 Å². The summed E-state index contributed by atoms with van der Waals surface area (Å²) < 4.78 is 0. The molecule has 3 rings (SSSR count). The zero-order chi connectivity index (χ0) is 21.2. The lowest BCUT2D eigenvalue weighted by Gasteiger charge is -2.19. The molecule has 152 valence electrons. The van der Waals surface area contributed by atoms with Crippen LogP contribution < -0.4 is 10.9 Å². The van der Waals surface area contributed by atoms with Crippen LogP contribution in [-0.2, 0) is 11.8 Å². The van der Waals surface area contributed by atoms with Crippen LogP contribution in [0.1, 0.15) is 60.1 Å². The quantitative estimate of drug-likeness (QED) is 0.595. The van der Waals surface area contributed by atoms with E-state index in [1.807, 2.05) is 32.9 Å². The number of carbonyl (C=O) groups is 1. The lowest BCUT2D eigenvalue weighted by Crippen LogP contribution is -2.31. The van der Waals surface area contributed by atoms with E-state index in [0.29, 0.717) is 28.7 Å². The number of halogens is 1. The summed E-state index contributed by atoms with van der Waals surface area (Å²) in [7, 11) is 0. The van der Waals surface area contributed by atoms with E-state index < -0.39 is 6.04 Å². The van der Waals surface area contributed by atoms with Gasteiger partial charge in [-0.15, -0.1) is 0 Å². The van der Waals surface area contributed by atoms with Gasteiger partial charge in [-0.05, 0) is 30.7 Å². The summed E-state index contributed by atoms with van der Waals surface area (Å²) in [4.78, 5) is 31.7. The zero-order valence-electron chi connectivity index (χ0n) is 16.8. The van der Waals surface area contributed by atoms with Gasteiger partial charge in [0, 0.05) is 28.6 Å². The van der Waals surface area contributed by atoms with Crippen molar-refractivity contribution >= 4 is 17.5 Å². The van der Waals surface area contributed by atoms with Crippen LogP contribution >= 0.6 is 11.6 Å². The first-order chi connectivity index (χ1) is 13.6. The Hall–Kier alpha value is -2.93. The van der Waals surface area contributed by atoms with Crippen molar-refractivity contribution in [2.75, 3.05) is 0 Å². The minimum atomic E-state index is -0.400. The average molecular weight is 414 g/mol. The predicted molar refractivity (Wildman–Crippen MR) is 112 cm³/mol. The molecule has 0 saturated carbocycles. The van der Waals surface area contributed by atoms with Gasteiger partial charge in [0.15, 0.2) is 0 Å². The van der Waals surface area contributed by atoms with Crippen molar-refractivity contribution in [3.63, 3.8) is 0 Å². The van der Waals surface area contributed by atoms with E-state index in [0.717, 1.165) is 11.3 Å². The Morgan fingerprint density at radius 1 is 1.21 bits per heavy atom. The molecule has 0 aliphatic carbocycles. The van der Waals surface area contributed by atoms with Gasteiger partial charge in [0.25, 0.3) is 11.5 Å². The molecule has 0 bridgehead atoms. The smallest absolute Gasteiger partial charge is 0.272 e. The van der Waals surface area contributed by atoms with E-state index in [4.69, 9.17) is 11.6 Å². The summed E-state index contributed by atoms with van der Waals surface area (Å²) in [6.07, 6.45) is 0.356. The predicted octanol–water partition coefficient (Wildman–Crippen LogP) is 3.47. The molecule has 8 heteroatoms. The second kappa shape index (κ2) is 8.21. The highest BCUT2D eigenvalue weighted by Gasteiger charge is 2.22. The number of nitrogens with zero attached hydrogens (tertiary/aromatic N) is 2. The number of hydrogen-bond acceptors (Lipinski definition) is 4. The Balaban J connectivity index is 1.88. The van der Waals surface area contributed by atoms with Gasteiger partial charge in [0.2, 0.25) is 0 Å². The maximum atomic E-state index is 12.9. The van der Waals surface area contributed by atoms with Gasteiger partial charge in [-0.1, -0.05) is 44.5 Å². The van der Waals surface area contributed by atoms with Crippen LogP contribution in [0.2, 0.25) is 5.02 Å². The molecule has 29 heavy (non-hydrogen) atoms. The highest BCUT2D eigenvalue weighted by atomic mass is 35.5. The van der Waals surface area contributed by atoms with Crippen LogP contribution in [0.5, 0.6) is 0 Å². The molecule has 0 fully saturated rings. The Morgan fingerprint density at radius 3 is 2.48 bits per heavy atom. The average Bonchev–Trinajstić information content (AvgIpc) is 3.11. The number of nitrogens with one attached hydrogen (secondary N) is 3. The summed E-state index contributed by atoms with van der Waals surface area (Å²) in [6, 6.07) is 10.0. The number of H-pyrrole nitrogens is 2. The molecule has 3 aromatic rings. The third-order valence-corrected chi connectivity index (χ3v) is 4.77. The fraction of sp³-hybridized carbons (Fsp3) is 0.333. The van der Waals surface area contributed by atoms with E-state index in [9.17, 15) is 9.59 Å². The maximum absolute atomic E-state index is 12.9. The number of benzene rings is 1. The van der Waals surface area contributed by atoms with Crippen LogP contribution in [0.3, 0.4) is 0 Å². The monoisotopic (exact) mass is 413 g/mol. The summed E-state index contributed by atoms with van der Waals surface area (Å²) in [5.41, 5.74) is 2.25. The van der Waals surface area contributed by atoms with Crippen LogP contribution in [0.4, 0.5) is 0 Å². The van der Waals surface area contributed by atoms with Crippen molar-refractivity contribution in [3.05, 3.63) is 80.2 Å². The number of hydrogen-bond donors (Lipinski definition) is 3. The fourth-order valence-corrected chi connectivity index (χ4v) is 3.08. The van der Waals surface area contributed by atoms with E-state index in [-0.39, 0.29) is 16.9 Å². The summed E-state index contributed by atoms with van der Waals surface area (Å²) in [5.74, 6) is 0.217. The largest absolute Gasteiger partial charge is 0.343 e. The van der Waals surface area contributed by atoms with E-state index in [1.54, 1.807) is 25.1 Å². The molecule has 2 aromatic heterocycles. The number of aryl methyl sites for hydroxylation is 1. The molecule has 0 saturated heterocycles. The van der Waals surface area contributed by atoms with Gasteiger partial charge in [0.05, 0.1) is 11.7 Å². The highest BCUT2D eigenvalue weighted by Crippen LogP contribution is 2.22. The minimum absolute atomic E-state index is 0.145. The van der Waals surface area contributed by atoms with Crippen LogP contribution in [0, 0.1) is 6.92 Å². The molecule has 7 nitrogen and oxygen atoms in total. The third kappa shape index (κ3) is 5.32. The molecule has 0 unspecified atom stereocenters. The van der Waals surface area contributed by atoms with E-state index in [2.05, 4.69) is 25.5 Å².